The Morgan fingerprint density at radius 1 is 0.443 bits per heavy atom. The average Bonchev–Trinajstić information content (AvgIpc) is 1.61. The fraction of sp³-hybridized carbons (Fsp3) is 0.375. The maximum Gasteiger partial charge on any atom is 0.259 e. The first-order valence-electron chi connectivity index (χ1n) is 31.4. The van der Waals surface area contributed by atoms with Crippen molar-refractivity contribution in [3.63, 3.8) is 0 Å². The summed E-state index contributed by atoms with van der Waals surface area (Å²) in [7, 11) is 0. The number of anilines is 6. The number of aromatic hydroxyl groups is 1. The van der Waals surface area contributed by atoms with Gasteiger partial charge in [0, 0.05) is 91.2 Å². The van der Waals surface area contributed by atoms with Gasteiger partial charge in [0.15, 0.2) is 67.1 Å². The number of amides is 3. The average molecular weight is 1380 g/mol. The van der Waals surface area contributed by atoms with E-state index in [0.29, 0.717) is 77.6 Å². The summed E-state index contributed by atoms with van der Waals surface area (Å²) in [4.78, 5) is 59.2. The maximum absolute atomic E-state index is 14.9. The minimum atomic E-state index is -1.03. The number of rotatable bonds is 10. The predicted molar refractivity (Wildman–Crippen MR) is 378 cm³/mol. The lowest BCUT2D eigenvalue weighted by Crippen LogP contribution is -2.44. The summed E-state index contributed by atoms with van der Waals surface area (Å²) in [5.74, 6) is -2.61. The first-order valence-corrected chi connectivity index (χ1v) is 32.6. The smallest absolute Gasteiger partial charge is 0.259 e. The molecule has 6 fully saturated rings. The molecular formula is C72H74F3N9O10S3. The number of aliphatic hydroxyl groups is 1. The van der Waals surface area contributed by atoms with Gasteiger partial charge in [0.2, 0.25) is 0 Å². The molecule has 506 valence electrons. The Labute approximate surface area is 578 Å². The van der Waals surface area contributed by atoms with E-state index < -0.39 is 39.8 Å². The molecule has 0 unspecified atom stereocenters. The van der Waals surface area contributed by atoms with Gasteiger partial charge in [-0.3, -0.25) is 29.1 Å². The second-order valence-electron chi connectivity index (χ2n) is 25.3. The van der Waals surface area contributed by atoms with Crippen LogP contribution in [0.4, 0.5) is 64.4 Å². The molecule has 6 aromatic rings. The van der Waals surface area contributed by atoms with Gasteiger partial charge in [-0.1, -0.05) is 18.2 Å². The number of ether oxygens (including phenoxy) is 5. The Bertz CT molecular complexity index is 4010. The monoisotopic (exact) mass is 1380 g/mol. The lowest BCUT2D eigenvalue weighted by Gasteiger charge is -2.30. The van der Waals surface area contributed by atoms with E-state index in [0.717, 1.165) is 74.5 Å². The lowest BCUT2D eigenvalue weighted by atomic mass is 10.0. The molecule has 0 aromatic heterocycles. The molecule has 6 aromatic carbocycles. The van der Waals surface area contributed by atoms with Gasteiger partial charge in [0.25, 0.3) is 17.7 Å². The number of aliphatic hydroxyl groups excluding tert-OH is 1. The van der Waals surface area contributed by atoms with Crippen LogP contribution in [0.1, 0.15) is 96.8 Å². The summed E-state index contributed by atoms with van der Waals surface area (Å²) in [5, 5.41) is 19.0. The second kappa shape index (κ2) is 30.1. The van der Waals surface area contributed by atoms with Crippen LogP contribution >= 0.6 is 36.7 Å². The van der Waals surface area contributed by atoms with E-state index in [1.807, 2.05) is 13.8 Å². The number of nitrogens with zero attached hydrogens (tertiary/aromatic N) is 9. The highest BCUT2D eigenvalue weighted by Crippen LogP contribution is 2.43. The van der Waals surface area contributed by atoms with Gasteiger partial charge in [-0.15, -0.1) is 0 Å². The van der Waals surface area contributed by atoms with E-state index >= 15 is 0 Å². The first kappa shape index (κ1) is 72.2. The van der Waals surface area contributed by atoms with Crippen molar-refractivity contribution in [1.29, 1.82) is 0 Å². The Morgan fingerprint density at radius 2 is 0.722 bits per heavy atom. The topological polar surface area (TPSA) is 170 Å². The second-order valence-corrected chi connectivity index (χ2v) is 26.4. The van der Waals surface area contributed by atoms with Crippen molar-refractivity contribution in [3.8, 4) is 17.2 Å². The number of carbonyl (C=O) groups is 3. The van der Waals surface area contributed by atoms with Gasteiger partial charge >= 0.3 is 0 Å². The number of hydrogen-bond acceptors (Lipinski definition) is 13. The summed E-state index contributed by atoms with van der Waals surface area (Å²) in [6.07, 6.45) is 4.28. The molecule has 2 N–H and O–H groups in total. The van der Waals surface area contributed by atoms with Crippen molar-refractivity contribution in [2.45, 2.75) is 136 Å². The van der Waals surface area contributed by atoms with E-state index in [-0.39, 0.29) is 62.9 Å². The third kappa shape index (κ3) is 15.2. The van der Waals surface area contributed by atoms with Crippen LogP contribution in [0.15, 0.2) is 109 Å². The molecule has 0 radical (unpaired) electrons. The van der Waals surface area contributed by atoms with Crippen molar-refractivity contribution >= 4 is 121 Å². The predicted octanol–water partition coefficient (Wildman–Crippen LogP) is 14.8. The van der Waals surface area contributed by atoms with Crippen molar-refractivity contribution in [1.82, 2.24) is 0 Å². The number of carbonyl (C=O) groups excluding carboxylic acids is 3. The number of hydrogen-bond donors (Lipinski definition) is 2. The summed E-state index contributed by atoms with van der Waals surface area (Å²) < 4.78 is 71.0. The number of phenolic OH excluding ortho intramolecular Hbond substituents is 1. The largest absolute Gasteiger partial charge is 0.505 e. The molecule has 6 heterocycles. The molecule has 19 nitrogen and oxygen atoms in total. The lowest BCUT2D eigenvalue weighted by molar-refractivity contribution is -0.121. The molecule has 0 spiro atoms. The molecule has 97 heavy (non-hydrogen) atoms. The molecule has 12 rings (SSSR count). The van der Waals surface area contributed by atoms with Gasteiger partial charge < -0.3 is 48.6 Å². The zero-order chi connectivity index (χ0) is 70.4. The molecule has 6 aliphatic heterocycles. The normalized spacial score (nSPS) is 18.5. The van der Waals surface area contributed by atoms with E-state index in [1.54, 1.807) is 142 Å². The van der Waals surface area contributed by atoms with E-state index in [2.05, 4.69) is 14.5 Å². The fourth-order valence-electron chi connectivity index (χ4n) is 11.8. The summed E-state index contributed by atoms with van der Waals surface area (Å²) in [5.41, 5.74) is 3.77. The number of thiocarbonyl (C=S) groups is 3. The number of phenols is 1. The van der Waals surface area contributed by atoms with Crippen LogP contribution in [0.2, 0.25) is 0 Å². The molecule has 25 heteroatoms. The van der Waals surface area contributed by atoms with Crippen LogP contribution in [0.25, 0.3) is 14.5 Å². The highest BCUT2D eigenvalue weighted by atomic mass is 32.1. The molecule has 0 atom stereocenters. The standard InChI is InChI=1S/2C24H24FN3O3S.C19H16FN3O2S.C5H10O2/c2*1-15-13-16(5-7-20(15)26-4)27-22(29)24(2,3)28(23(27)32)17-6-8-21(19(25)14-17)31-18-9-11-30-12-10-18;1-11-9-12(5-7-15(11)21-4)22-17(25)19(2,3)23(18(22)26)13-6-8-16(24)14(20)10-13;6-5-1-3-7-4-2-5/h2*5-8,13-14,18H,9-12H2,1-3H3;5-10,24H,1-3H3;5-6H,1-4H2. The van der Waals surface area contributed by atoms with Gasteiger partial charge in [-0.2, -0.15) is 0 Å². The fourth-order valence-corrected chi connectivity index (χ4v) is 13.4. The third-order valence-corrected chi connectivity index (χ3v) is 18.4. The molecule has 0 saturated carbocycles. The van der Waals surface area contributed by atoms with Crippen LogP contribution in [0, 0.1) is 57.9 Å². The van der Waals surface area contributed by atoms with E-state index in [1.165, 1.54) is 39.0 Å². The van der Waals surface area contributed by atoms with Crippen molar-refractivity contribution < 1.29 is 61.5 Å². The minimum absolute atomic E-state index is 0.0767. The van der Waals surface area contributed by atoms with Crippen LogP contribution < -0.4 is 38.9 Å². The molecule has 6 saturated heterocycles. The molecule has 3 amide bonds. The molecule has 0 aliphatic carbocycles. The maximum atomic E-state index is 14.9. The first-order chi connectivity index (χ1) is 46.0. The third-order valence-electron chi connectivity index (χ3n) is 17.3. The number of aryl methyl sites for hydroxylation is 3. The summed E-state index contributed by atoms with van der Waals surface area (Å²) in [6, 6.07) is 28.5. The SMILES string of the molecule is OC1CCOCC1.[C-]#[N+]c1ccc(N2C(=O)C(C)(C)N(c3ccc(O)c(F)c3)C2=S)cc1C.[C-]#[N+]c1ccc(N2C(=O)C(C)(C)N(c3ccc(OC4CCOCC4)c(F)c3)C2=S)cc1C.[C-]#[N+]c1ccc(N2C(=O)C(C)(C)N(c3ccc(OC4CCOCC4)c(F)c3)C2=S)cc1C. The summed E-state index contributed by atoms with van der Waals surface area (Å²) >= 11 is 16.9. The van der Waals surface area contributed by atoms with Gasteiger partial charge in [-0.25, -0.2) is 27.7 Å². The number of halogens is 3. The number of benzene rings is 6. The van der Waals surface area contributed by atoms with Crippen LogP contribution in [-0.4, -0.2) is 118 Å². The highest BCUT2D eigenvalue weighted by Gasteiger charge is 2.53. The molecule has 6 aliphatic rings. The van der Waals surface area contributed by atoms with Crippen LogP contribution in [0.3, 0.4) is 0 Å². The zero-order valence-corrected chi connectivity index (χ0v) is 57.6. The Kier molecular flexibility index (Phi) is 22.4. The van der Waals surface area contributed by atoms with E-state index in [4.69, 9.17) is 85.2 Å². The molecule has 0 bridgehead atoms. The highest BCUT2D eigenvalue weighted by molar-refractivity contribution is 7.81. The Balaban J connectivity index is 0.000000163. The van der Waals surface area contributed by atoms with Crippen molar-refractivity contribution in [2.24, 2.45) is 0 Å². The zero-order valence-electron chi connectivity index (χ0n) is 55.2. The quantitative estimate of drug-likeness (QED) is 0.0980. The van der Waals surface area contributed by atoms with Crippen molar-refractivity contribution in [2.75, 3.05) is 69.0 Å². The molecular weight excluding hydrogens is 1300 g/mol. The minimum Gasteiger partial charge on any atom is -0.505 e. The van der Waals surface area contributed by atoms with E-state index in [9.17, 15) is 32.7 Å². The summed E-state index contributed by atoms with van der Waals surface area (Å²) in [6.45, 7) is 41.3. The van der Waals surface area contributed by atoms with Gasteiger partial charge in [0.1, 0.15) is 28.8 Å². The van der Waals surface area contributed by atoms with Crippen molar-refractivity contribution in [3.05, 3.63) is 178 Å². The van der Waals surface area contributed by atoms with Gasteiger partial charge in [-0.05, 0) is 201 Å². The van der Waals surface area contributed by atoms with Gasteiger partial charge in [0.05, 0.1) is 52.2 Å². The van der Waals surface area contributed by atoms with Crippen LogP contribution in [0.5, 0.6) is 17.2 Å². The Hall–Kier alpha value is -9.10. The van der Waals surface area contributed by atoms with Crippen LogP contribution in [-0.2, 0) is 28.6 Å². The Morgan fingerprint density at radius 3 is 0.979 bits per heavy atom.